The number of halogens is 2. The first kappa shape index (κ1) is 6.86. The summed E-state index contributed by atoms with van der Waals surface area (Å²) in [6.07, 6.45) is -0.556. The van der Waals surface area contributed by atoms with Gasteiger partial charge in [0.15, 0.2) is 0 Å². The molecule has 0 aliphatic heterocycles. The Kier molecular flexibility index (Phi) is 3.95. The molecule has 1 atom stereocenters. The van der Waals surface area contributed by atoms with Gasteiger partial charge in [0.2, 0.25) is 0 Å². The van der Waals surface area contributed by atoms with Crippen LogP contribution in [0, 0.1) is 6.92 Å². The minimum atomic E-state index is -1.28. The molecule has 0 spiro atoms. The minimum absolute atomic E-state index is 0.247. The first-order chi connectivity index (χ1) is 3.31. The zero-order valence-electron chi connectivity index (χ0n) is 4.16. The van der Waals surface area contributed by atoms with E-state index in [0.717, 1.165) is 0 Å². The average molecular weight is 107 g/mol. The van der Waals surface area contributed by atoms with E-state index in [9.17, 15) is 8.78 Å². The first-order valence-electron chi connectivity index (χ1n) is 2.30. The summed E-state index contributed by atoms with van der Waals surface area (Å²) in [6.45, 7) is 2.50. The lowest BCUT2D eigenvalue weighted by molar-refractivity contribution is 0.248. The standard InChI is InChI=1S/C5H9F2/c1-2-3-5(7)4-6/h5H,1-4H2. The van der Waals surface area contributed by atoms with E-state index in [1.165, 1.54) is 0 Å². The van der Waals surface area contributed by atoms with E-state index in [0.29, 0.717) is 6.42 Å². The molecule has 0 nitrogen and oxygen atoms in total. The molecule has 0 aromatic rings. The summed E-state index contributed by atoms with van der Waals surface area (Å²) in [4.78, 5) is 0. The van der Waals surface area contributed by atoms with E-state index in [2.05, 4.69) is 6.92 Å². The molecular formula is C5H9F2. The molecule has 0 aliphatic rings. The Morgan fingerprint density at radius 3 is 2.29 bits per heavy atom. The predicted octanol–water partition coefficient (Wildman–Crippen LogP) is 1.91. The maximum absolute atomic E-state index is 11.7. The average Bonchev–Trinajstić information content (AvgIpc) is 1.68. The SMILES string of the molecule is [CH2]CCC(F)CF. The number of hydrogen-bond donors (Lipinski definition) is 0. The Bertz CT molecular complexity index is 37.1. The number of alkyl halides is 2. The van der Waals surface area contributed by atoms with E-state index in [-0.39, 0.29) is 6.42 Å². The molecule has 1 unspecified atom stereocenters. The third-order valence-electron chi connectivity index (χ3n) is 0.685. The van der Waals surface area contributed by atoms with Crippen molar-refractivity contribution in [1.82, 2.24) is 0 Å². The van der Waals surface area contributed by atoms with Crippen LogP contribution in [-0.4, -0.2) is 12.8 Å². The number of hydrogen-bond acceptors (Lipinski definition) is 0. The van der Waals surface area contributed by atoms with Crippen molar-refractivity contribution in [3.8, 4) is 0 Å². The maximum Gasteiger partial charge on any atom is 0.128 e. The highest BCUT2D eigenvalue weighted by atomic mass is 19.2. The van der Waals surface area contributed by atoms with Crippen molar-refractivity contribution < 1.29 is 8.78 Å². The van der Waals surface area contributed by atoms with Crippen LogP contribution in [0.3, 0.4) is 0 Å². The first-order valence-corrected chi connectivity index (χ1v) is 2.30. The highest BCUT2D eigenvalue weighted by Crippen LogP contribution is 1.99. The Labute approximate surface area is 42.5 Å². The second-order valence-corrected chi connectivity index (χ2v) is 1.39. The molecule has 0 aliphatic carbocycles. The predicted molar refractivity (Wildman–Crippen MR) is 25.5 cm³/mol. The summed E-state index contributed by atoms with van der Waals surface area (Å²) in [7, 11) is 0. The van der Waals surface area contributed by atoms with Crippen molar-refractivity contribution in [3.05, 3.63) is 6.92 Å². The highest BCUT2D eigenvalue weighted by Gasteiger charge is 2.00. The molecule has 1 radical (unpaired) electrons. The Hall–Kier alpha value is -0.140. The van der Waals surface area contributed by atoms with E-state index < -0.39 is 12.8 Å². The molecule has 2 heteroatoms. The van der Waals surface area contributed by atoms with E-state index >= 15 is 0 Å². The summed E-state index contributed by atoms with van der Waals surface area (Å²) in [5, 5.41) is 0. The highest BCUT2D eigenvalue weighted by molar-refractivity contribution is 4.53. The van der Waals surface area contributed by atoms with Gasteiger partial charge < -0.3 is 0 Å². The van der Waals surface area contributed by atoms with E-state index in [1.807, 2.05) is 0 Å². The van der Waals surface area contributed by atoms with Gasteiger partial charge in [0.25, 0.3) is 0 Å². The molecule has 0 saturated carbocycles. The molecule has 0 saturated heterocycles. The van der Waals surface area contributed by atoms with Gasteiger partial charge in [-0.3, -0.25) is 0 Å². The topological polar surface area (TPSA) is 0 Å². The van der Waals surface area contributed by atoms with E-state index in [1.54, 1.807) is 0 Å². The molecule has 0 aromatic heterocycles. The van der Waals surface area contributed by atoms with Crippen molar-refractivity contribution in [2.45, 2.75) is 19.0 Å². The van der Waals surface area contributed by atoms with Crippen LogP contribution in [0.2, 0.25) is 0 Å². The molecule has 0 fully saturated rings. The van der Waals surface area contributed by atoms with Gasteiger partial charge in [0.1, 0.15) is 12.8 Å². The molecule has 0 bridgehead atoms. The number of rotatable bonds is 3. The van der Waals surface area contributed by atoms with Gasteiger partial charge in [0, 0.05) is 0 Å². The molecule has 43 valence electrons. The van der Waals surface area contributed by atoms with Crippen LogP contribution in [0.1, 0.15) is 12.8 Å². The third kappa shape index (κ3) is 3.70. The van der Waals surface area contributed by atoms with Crippen LogP contribution < -0.4 is 0 Å². The molecule has 0 N–H and O–H groups in total. The second-order valence-electron chi connectivity index (χ2n) is 1.39. The maximum atomic E-state index is 11.7. The molecule has 0 heterocycles. The van der Waals surface area contributed by atoms with Crippen LogP contribution in [0.15, 0.2) is 0 Å². The van der Waals surface area contributed by atoms with Gasteiger partial charge in [-0.05, 0) is 6.42 Å². The van der Waals surface area contributed by atoms with Crippen LogP contribution in [0.4, 0.5) is 8.78 Å². The minimum Gasteiger partial charge on any atom is -0.248 e. The van der Waals surface area contributed by atoms with Gasteiger partial charge >= 0.3 is 0 Å². The lowest BCUT2D eigenvalue weighted by Gasteiger charge is -1.95. The van der Waals surface area contributed by atoms with Gasteiger partial charge in [-0.2, -0.15) is 0 Å². The fraction of sp³-hybridized carbons (Fsp3) is 0.800. The van der Waals surface area contributed by atoms with Gasteiger partial charge in [-0.15, -0.1) is 0 Å². The summed E-state index contributed by atoms with van der Waals surface area (Å²) in [5.74, 6) is 0. The van der Waals surface area contributed by atoms with Crippen molar-refractivity contribution in [2.75, 3.05) is 6.67 Å². The van der Waals surface area contributed by atoms with Crippen molar-refractivity contribution in [3.63, 3.8) is 0 Å². The Morgan fingerprint density at radius 1 is 1.57 bits per heavy atom. The largest absolute Gasteiger partial charge is 0.248 e. The summed E-state index contributed by atoms with van der Waals surface area (Å²) >= 11 is 0. The molecule has 0 rings (SSSR count). The molecule has 7 heavy (non-hydrogen) atoms. The normalized spacial score (nSPS) is 14.1. The summed E-state index contributed by atoms with van der Waals surface area (Å²) in [5.41, 5.74) is 0. The zero-order valence-corrected chi connectivity index (χ0v) is 4.16. The summed E-state index contributed by atoms with van der Waals surface area (Å²) < 4.78 is 22.9. The fourth-order valence-corrected chi connectivity index (χ4v) is 0.299. The smallest absolute Gasteiger partial charge is 0.128 e. The van der Waals surface area contributed by atoms with E-state index in [4.69, 9.17) is 0 Å². The molecule has 0 aromatic carbocycles. The van der Waals surface area contributed by atoms with Crippen LogP contribution in [0.5, 0.6) is 0 Å². The quantitative estimate of drug-likeness (QED) is 0.516. The second kappa shape index (κ2) is 4.03. The van der Waals surface area contributed by atoms with Crippen molar-refractivity contribution in [2.24, 2.45) is 0 Å². The van der Waals surface area contributed by atoms with Gasteiger partial charge in [0.05, 0.1) is 0 Å². The lowest BCUT2D eigenvalue weighted by Crippen LogP contribution is -1.99. The van der Waals surface area contributed by atoms with Gasteiger partial charge in [-0.1, -0.05) is 13.3 Å². The van der Waals surface area contributed by atoms with Crippen LogP contribution >= 0.6 is 0 Å². The Balaban J connectivity index is 2.83. The van der Waals surface area contributed by atoms with Crippen LogP contribution in [0.25, 0.3) is 0 Å². The van der Waals surface area contributed by atoms with Crippen molar-refractivity contribution in [1.29, 1.82) is 0 Å². The van der Waals surface area contributed by atoms with Crippen molar-refractivity contribution >= 4 is 0 Å². The monoisotopic (exact) mass is 107 g/mol. The zero-order chi connectivity index (χ0) is 5.70. The Morgan fingerprint density at radius 2 is 2.14 bits per heavy atom. The molecule has 0 amide bonds. The molecular weight excluding hydrogens is 98.1 g/mol. The van der Waals surface area contributed by atoms with Crippen LogP contribution in [-0.2, 0) is 0 Å². The van der Waals surface area contributed by atoms with Gasteiger partial charge in [-0.25, -0.2) is 8.78 Å². The third-order valence-corrected chi connectivity index (χ3v) is 0.685. The lowest BCUT2D eigenvalue weighted by atomic mass is 10.2. The summed E-state index contributed by atoms with van der Waals surface area (Å²) in [6, 6.07) is 0. The fourth-order valence-electron chi connectivity index (χ4n) is 0.299.